The Morgan fingerprint density at radius 3 is 1.22 bits per heavy atom. The molecule has 0 amide bonds. The van der Waals surface area contributed by atoms with Crippen LogP contribution < -0.4 is 9.64 Å². The lowest BCUT2D eigenvalue weighted by Gasteiger charge is -2.49. The molecule has 0 N–H and O–H groups in total. The monoisotopic (exact) mass is 651 g/mol. The van der Waals surface area contributed by atoms with Gasteiger partial charge in [0.1, 0.15) is 11.5 Å². The van der Waals surface area contributed by atoms with E-state index in [0.29, 0.717) is 0 Å². The van der Waals surface area contributed by atoms with E-state index >= 15 is 0 Å². The normalized spacial score (nSPS) is 13.4. The van der Waals surface area contributed by atoms with Gasteiger partial charge in [-0.25, -0.2) is 0 Å². The van der Waals surface area contributed by atoms with Gasteiger partial charge in [-0.15, -0.1) is 0 Å². The van der Waals surface area contributed by atoms with Crippen LogP contribution in [-0.2, 0) is 5.41 Å². The number of para-hydroxylation sites is 2. The third-order valence-corrected chi connectivity index (χ3v) is 10.5. The van der Waals surface area contributed by atoms with Crippen molar-refractivity contribution in [3.8, 4) is 44.9 Å². The second-order valence-corrected chi connectivity index (χ2v) is 13.3. The van der Waals surface area contributed by atoms with E-state index in [4.69, 9.17) is 4.74 Å². The summed E-state index contributed by atoms with van der Waals surface area (Å²) in [6.45, 7) is 0. The van der Waals surface area contributed by atoms with Crippen molar-refractivity contribution in [3.05, 3.63) is 222 Å². The Hall–Kier alpha value is -6.64. The molecule has 0 fully saturated rings. The van der Waals surface area contributed by atoms with Crippen LogP contribution in [0.15, 0.2) is 200 Å². The zero-order chi connectivity index (χ0) is 33.8. The summed E-state index contributed by atoms with van der Waals surface area (Å²) in [6, 6.07) is 72.3. The van der Waals surface area contributed by atoms with Crippen LogP contribution in [0.3, 0.4) is 0 Å². The quantitative estimate of drug-likeness (QED) is 0.188. The molecule has 8 aromatic rings. The average molecular weight is 652 g/mol. The third kappa shape index (κ3) is 4.57. The molecule has 0 bridgehead atoms. The van der Waals surface area contributed by atoms with Gasteiger partial charge in [-0.05, 0) is 93.0 Å². The lowest BCUT2D eigenvalue weighted by molar-refractivity contribution is 0.434. The average Bonchev–Trinajstić information content (AvgIpc) is 3.21. The van der Waals surface area contributed by atoms with Gasteiger partial charge in [-0.3, -0.25) is 0 Å². The van der Waals surface area contributed by atoms with Crippen molar-refractivity contribution in [2.24, 2.45) is 0 Å². The van der Waals surface area contributed by atoms with Crippen molar-refractivity contribution in [1.29, 1.82) is 0 Å². The topological polar surface area (TPSA) is 12.5 Å². The maximum absolute atomic E-state index is 6.73. The van der Waals surface area contributed by atoms with E-state index in [2.05, 4.69) is 205 Å². The first kappa shape index (κ1) is 29.3. The highest BCUT2D eigenvalue weighted by Gasteiger charge is 2.51. The summed E-state index contributed by atoms with van der Waals surface area (Å²) in [6.07, 6.45) is 0. The standard InChI is InChI=1S/C49H33NO/c1-4-15-34(16-5-1)37-21-14-22-40(31-37)50-45-29-27-38(35-17-6-2-7-18-35)32-43(45)49(44-33-39(28-30-46(44)50)36-19-8-3-9-20-36)41-23-10-12-25-47(41)51-48-26-13-11-24-42(48)49/h1-33H. The van der Waals surface area contributed by atoms with Crippen LogP contribution >= 0.6 is 0 Å². The molecule has 0 aromatic heterocycles. The number of fused-ring (bicyclic) bond motifs is 8. The molecule has 2 nitrogen and oxygen atoms in total. The minimum absolute atomic E-state index is 0.667. The minimum Gasteiger partial charge on any atom is -0.457 e. The molecule has 2 aliphatic heterocycles. The minimum atomic E-state index is -0.667. The molecule has 2 heteroatoms. The van der Waals surface area contributed by atoms with E-state index in [-0.39, 0.29) is 0 Å². The van der Waals surface area contributed by atoms with E-state index in [1.807, 2.05) is 0 Å². The number of benzene rings is 8. The molecule has 0 unspecified atom stereocenters. The van der Waals surface area contributed by atoms with Crippen molar-refractivity contribution in [2.75, 3.05) is 4.90 Å². The maximum atomic E-state index is 6.73. The maximum Gasteiger partial charge on any atom is 0.132 e. The Morgan fingerprint density at radius 2 is 0.725 bits per heavy atom. The molecule has 240 valence electrons. The van der Waals surface area contributed by atoms with Crippen molar-refractivity contribution in [3.63, 3.8) is 0 Å². The number of hydrogen-bond donors (Lipinski definition) is 0. The summed E-state index contributed by atoms with van der Waals surface area (Å²) in [5.41, 5.74) is 14.5. The fraction of sp³-hybridized carbons (Fsp3) is 0.0204. The first-order valence-electron chi connectivity index (χ1n) is 17.5. The number of nitrogens with zero attached hydrogens (tertiary/aromatic N) is 1. The van der Waals surface area contributed by atoms with E-state index in [1.54, 1.807) is 0 Å². The highest BCUT2D eigenvalue weighted by Crippen LogP contribution is 2.63. The van der Waals surface area contributed by atoms with E-state index in [1.165, 1.54) is 44.5 Å². The van der Waals surface area contributed by atoms with Gasteiger partial charge in [0.05, 0.1) is 16.8 Å². The molecule has 0 aliphatic carbocycles. The summed E-state index contributed by atoms with van der Waals surface area (Å²) in [5, 5.41) is 0. The molecule has 0 saturated carbocycles. The first-order chi connectivity index (χ1) is 25.3. The number of rotatable bonds is 4. The highest BCUT2D eigenvalue weighted by molar-refractivity contribution is 5.94. The zero-order valence-electron chi connectivity index (χ0n) is 27.9. The van der Waals surface area contributed by atoms with Crippen LogP contribution in [0.1, 0.15) is 22.3 Å². The van der Waals surface area contributed by atoms with Gasteiger partial charge in [0, 0.05) is 16.8 Å². The molecule has 8 aromatic carbocycles. The second kappa shape index (κ2) is 11.8. The summed E-state index contributed by atoms with van der Waals surface area (Å²) in [5.74, 6) is 1.76. The summed E-state index contributed by atoms with van der Waals surface area (Å²) in [7, 11) is 0. The fourth-order valence-corrected chi connectivity index (χ4v) is 8.27. The van der Waals surface area contributed by atoms with E-state index in [0.717, 1.165) is 39.7 Å². The van der Waals surface area contributed by atoms with Gasteiger partial charge in [0.25, 0.3) is 0 Å². The van der Waals surface area contributed by atoms with Crippen molar-refractivity contribution in [1.82, 2.24) is 0 Å². The number of ether oxygens (including phenoxy) is 1. The number of anilines is 3. The SMILES string of the molecule is c1ccc(-c2cccc(N3c4ccc(-c5ccccc5)cc4C4(c5ccccc5Oc5ccccc54)c4cc(-c5ccccc5)ccc43)c2)cc1. The van der Waals surface area contributed by atoms with E-state index in [9.17, 15) is 0 Å². The largest absolute Gasteiger partial charge is 0.457 e. The first-order valence-corrected chi connectivity index (χ1v) is 17.5. The molecule has 0 saturated heterocycles. The van der Waals surface area contributed by atoms with Crippen molar-refractivity contribution >= 4 is 17.1 Å². The van der Waals surface area contributed by atoms with Crippen LogP contribution in [0.2, 0.25) is 0 Å². The summed E-state index contributed by atoms with van der Waals surface area (Å²) in [4.78, 5) is 2.46. The predicted molar refractivity (Wildman–Crippen MR) is 209 cm³/mol. The predicted octanol–water partition coefficient (Wildman–Crippen LogP) is 13.0. The van der Waals surface area contributed by atoms with Gasteiger partial charge in [-0.2, -0.15) is 0 Å². The Kier molecular flexibility index (Phi) is 6.75. The van der Waals surface area contributed by atoms with Crippen LogP contribution in [0.4, 0.5) is 17.1 Å². The van der Waals surface area contributed by atoms with Crippen molar-refractivity contribution < 1.29 is 4.74 Å². The molecular formula is C49H33NO. The van der Waals surface area contributed by atoms with Gasteiger partial charge >= 0.3 is 0 Å². The van der Waals surface area contributed by atoms with Gasteiger partial charge in [-0.1, -0.05) is 152 Å². The van der Waals surface area contributed by atoms with Crippen molar-refractivity contribution in [2.45, 2.75) is 5.41 Å². The molecule has 1 spiro atoms. The van der Waals surface area contributed by atoms with Crippen LogP contribution in [0.25, 0.3) is 33.4 Å². The summed E-state index contributed by atoms with van der Waals surface area (Å²) < 4.78 is 6.73. The molecule has 0 radical (unpaired) electrons. The lowest BCUT2D eigenvalue weighted by Crippen LogP contribution is -2.39. The Labute approximate surface area is 298 Å². The molecule has 0 atom stereocenters. The molecule has 10 rings (SSSR count). The van der Waals surface area contributed by atoms with E-state index < -0.39 is 5.41 Å². The Balaban J connectivity index is 1.34. The molecule has 2 heterocycles. The summed E-state index contributed by atoms with van der Waals surface area (Å²) >= 11 is 0. The zero-order valence-corrected chi connectivity index (χ0v) is 27.9. The third-order valence-electron chi connectivity index (χ3n) is 10.5. The van der Waals surface area contributed by atoms with Gasteiger partial charge in [0.15, 0.2) is 0 Å². The Morgan fingerprint density at radius 1 is 0.314 bits per heavy atom. The molecule has 51 heavy (non-hydrogen) atoms. The van der Waals surface area contributed by atoms with Gasteiger partial charge in [0.2, 0.25) is 0 Å². The van der Waals surface area contributed by atoms with Gasteiger partial charge < -0.3 is 9.64 Å². The molecular weight excluding hydrogens is 619 g/mol. The smallest absolute Gasteiger partial charge is 0.132 e. The number of hydrogen-bond acceptors (Lipinski definition) is 2. The highest BCUT2D eigenvalue weighted by atomic mass is 16.5. The van der Waals surface area contributed by atoms with Crippen LogP contribution in [-0.4, -0.2) is 0 Å². The fourth-order valence-electron chi connectivity index (χ4n) is 8.27. The lowest BCUT2D eigenvalue weighted by atomic mass is 9.60. The van der Waals surface area contributed by atoms with Crippen LogP contribution in [0, 0.1) is 0 Å². The second-order valence-electron chi connectivity index (χ2n) is 13.3. The molecule has 2 aliphatic rings. The Bertz CT molecular complexity index is 2420. The van der Waals surface area contributed by atoms with Crippen LogP contribution in [0.5, 0.6) is 11.5 Å².